The Bertz CT molecular complexity index is 1500. The van der Waals surface area contributed by atoms with E-state index in [0.29, 0.717) is 12.1 Å². The minimum Gasteiger partial charge on any atom is -0.481 e. The summed E-state index contributed by atoms with van der Waals surface area (Å²) in [6.07, 6.45) is 3.47. The molecule has 0 aliphatic rings. The van der Waals surface area contributed by atoms with Crippen molar-refractivity contribution in [2.24, 2.45) is 5.92 Å². The second-order valence-corrected chi connectivity index (χ2v) is 11.1. The fraction of sp³-hybridized carbons (Fsp3) is 0.290. The summed E-state index contributed by atoms with van der Waals surface area (Å²) in [6.45, 7) is 8.06. The van der Waals surface area contributed by atoms with Crippen molar-refractivity contribution in [3.63, 3.8) is 0 Å². The van der Waals surface area contributed by atoms with Gasteiger partial charge in [-0.25, -0.2) is 0 Å². The van der Waals surface area contributed by atoms with Gasteiger partial charge in [0.25, 0.3) is 5.56 Å². The number of hydrogen-bond acceptors (Lipinski definition) is 5. The molecule has 0 aliphatic carbocycles. The molecule has 0 aliphatic heterocycles. The van der Waals surface area contributed by atoms with Gasteiger partial charge in [-0.15, -0.1) is 11.3 Å². The van der Waals surface area contributed by atoms with Crippen molar-refractivity contribution in [2.75, 3.05) is 0 Å². The van der Waals surface area contributed by atoms with Crippen molar-refractivity contribution in [2.45, 2.75) is 52.6 Å². The zero-order chi connectivity index (χ0) is 28.1. The number of carbonyl (C=O) groups is 2. The van der Waals surface area contributed by atoms with Crippen molar-refractivity contribution in [3.8, 4) is 21.7 Å². The lowest BCUT2D eigenvalue weighted by molar-refractivity contribution is -0.138. The topological polar surface area (TPSA) is 101 Å². The fourth-order valence-electron chi connectivity index (χ4n) is 4.79. The van der Waals surface area contributed by atoms with Crippen LogP contribution in [0.15, 0.2) is 77.2 Å². The monoisotopic (exact) mass is 543 g/mol. The molecule has 1 amide bonds. The van der Waals surface area contributed by atoms with E-state index in [1.165, 1.54) is 22.0 Å². The normalized spacial score (nSPS) is 12.7. The van der Waals surface area contributed by atoms with E-state index in [1.54, 1.807) is 18.5 Å². The molecule has 4 aromatic rings. The average Bonchev–Trinajstić information content (AvgIpc) is 3.37. The van der Waals surface area contributed by atoms with Crippen molar-refractivity contribution < 1.29 is 14.7 Å². The molecule has 0 saturated carbocycles. The van der Waals surface area contributed by atoms with E-state index in [9.17, 15) is 19.5 Å². The van der Waals surface area contributed by atoms with Gasteiger partial charge in [0.2, 0.25) is 5.91 Å². The Morgan fingerprint density at radius 1 is 1.05 bits per heavy atom. The summed E-state index contributed by atoms with van der Waals surface area (Å²) < 4.78 is 1.44. The zero-order valence-corrected chi connectivity index (χ0v) is 23.4. The Balaban J connectivity index is 1.68. The van der Waals surface area contributed by atoms with Crippen molar-refractivity contribution in [1.82, 2.24) is 14.9 Å². The molecule has 3 heterocycles. The van der Waals surface area contributed by atoms with E-state index in [4.69, 9.17) is 0 Å². The van der Waals surface area contributed by atoms with Gasteiger partial charge in [-0.1, -0.05) is 38.1 Å². The first kappa shape index (κ1) is 28.0. The summed E-state index contributed by atoms with van der Waals surface area (Å²) >= 11 is 1.52. The predicted octanol–water partition coefficient (Wildman–Crippen LogP) is 6.18. The summed E-state index contributed by atoms with van der Waals surface area (Å²) in [4.78, 5) is 43.9. The molecule has 1 aromatic carbocycles. The maximum absolute atomic E-state index is 13.8. The highest BCUT2D eigenvalue weighted by atomic mass is 32.1. The van der Waals surface area contributed by atoms with Crippen LogP contribution >= 0.6 is 11.3 Å². The van der Waals surface area contributed by atoms with Gasteiger partial charge in [-0.2, -0.15) is 0 Å². The lowest BCUT2D eigenvalue weighted by Crippen LogP contribution is -2.40. The molecule has 8 heteroatoms. The summed E-state index contributed by atoms with van der Waals surface area (Å²) in [5, 5.41) is 14.5. The Morgan fingerprint density at radius 3 is 2.44 bits per heavy atom. The molecule has 202 valence electrons. The van der Waals surface area contributed by atoms with Crippen LogP contribution in [-0.4, -0.2) is 26.5 Å². The minimum absolute atomic E-state index is 0.112. The standard InChI is InChI=1S/C31H33N3O4S/c1-19(2)14-26(34-17-22(11-12-28(34)35)24-10-5-6-13-32-24)31(38)33-25(16-29(36)37)23-15-27(39-18-23)30-20(3)8-7-9-21(30)4/h5-13,15,17-19,25-26H,14,16H2,1-4H3,(H,33,38)(H,36,37)/t25-,26-/m0/s1. The maximum atomic E-state index is 13.8. The third kappa shape index (κ3) is 6.70. The number of hydrogen-bond donors (Lipinski definition) is 2. The van der Waals surface area contributed by atoms with E-state index in [2.05, 4.69) is 10.3 Å². The largest absolute Gasteiger partial charge is 0.481 e. The summed E-state index contributed by atoms with van der Waals surface area (Å²) in [5.74, 6) is -1.30. The predicted molar refractivity (Wildman–Crippen MR) is 155 cm³/mol. The van der Waals surface area contributed by atoms with Crippen LogP contribution in [0, 0.1) is 19.8 Å². The number of aromatic nitrogens is 2. The molecule has 39 heavy (non-hydrogen) atoms. The van der Waals surface area contributed by atoms with Crippen LogP contribution < -0.4 is 10.9 Å². The molecule has 7 nitrogen and oxygen atoms in total. The lowest BCUT2D eigenvalue weighted by atomic mass is 9.98. The van der Waals surface area contributed by atoms with Crippen molar-refractivity contribution in [1.29, 1.82) is 0 Å². The van der Waals surface area contributed by atoms with E-state index in [1.807, 2.05) is 75.5 Å². The van der Waals surface area contributed by atoms with Crippen molar-refractivity contribution >= 4 is 23.2 Å². The number of carboxylic acid groups (broad SMARTS) is 1. The van der Waals surface area contributed by atoms with Gasteiger partial charge in [0.05, 0.1) is 18.2 Å². The number of nitrogens with one attached hydrogen (secondary N) is 1. The van der Waals surface area contributed by atoms with Gasteiger partial charge in [0, 0.05) is 28.9 Å². The molecule has 3 aromatic heterocycles. The second kappa shape index (κ2) is 12.2. The Hall–Kier alpha value is -4.04. The van der Waals surface area contributed by atoms with Gasteiger partial charge < -0.3 is 15.0 Å². The number of carbonyl (C=O) groups excluding carboxylic acids is 1. The van der Waals surface area contributed by atoms with E-state index >= 15 is 0 Å². The molecular weight excluding hydrogens is 510 g/mol. The van der Waals surface area contributed by atoms with Crippen LogP contribution in [0.5, 0.6) is 0 Å². The number of rotatable bonds is 10. The van der Waals surface area contributed by atoms with Crippen molar-refractivity contribution in [3.05, 3.63) is 99.4 Å². The van der Waals surface area contributed by atoms with Crippen LogP contribution in [-0.2, 0) is 9.59 Å². The van der Waals surface area contributed by atoms with Gasteiger partial charge in [0.15, 0.2) is 0 Å². The SMILES string of the molecule is Cc1cccc(C)c1-c1cc([C@H](CC(=O)O)NC(=O)[C@H](CC(C)C)n2cc(-c3ccccn3)ccc2=O)cs1. The lowest BCUT2D eigenvalue weighted by Gasteiger charge is -2.25. The number of amides is 1. The van der Waals surface area contributed by atoms with Crippen LogP contribution in [0.2, 0.25) is 0 Å². The molecule has 0 spiro atoms. The zero-order valence-electron chi connectivity index (χ0n) is 22.5. The Labute approximate surface area is 232 Å². The van der Waals surface area contributed by atoms with E-state index in [-0.39, 0.29) is 17.9 Å². The third-order valence-electron chi connectivity index (χ3n) is 6.68. The number of nitrogens with zero attached hydrogens (tertiary/aromatic N) is 2. The number of pyridine rings is 2. The first-order valence-electron chi connectivity index (χ1n) is 12.9. The molecular formula is C31H33N3O4S. The summed E-state index contributed by atoms with van der Waals surface area (Å²) in [6, 6.07) is 15.2. The number of thiophene rings is 1. The highest BCUT2D eigenvalue weighted by Crippen LogP contribution is 2.35. The summed E-state index contributed by atoms with van der Waals surface area (Å²) in [7, 11) is 0. The molecule has 4 rings (SSSR count). The Kier molecular flexibility index (Phi) is 8.76. The first-order chi connectivity index (χ1) is 18.6. The molecule has 2 N–H and O–H groups in total. The first-order valence-corrected chi connectivity index (χ1v) is 13.8. The average molecular weight is 544 g/mol. The highest BCUT2D eigenvalue weighted by Gasteiger charge is 2.28. The van der Waals surface area contributed by atoms with Gasteiger partial charge in [-0.05, 0) is 78.1 Å². The molecule has 2 atom stereocenters. The van der Waals surface area contributed by atoms with E-state index < -0.39 is 24.0 Å². The van der Waals surface area contributed by atoms with Gasteiger partial charge in [0.1, 0.15) is 6.04 Å². The molecule has 0 bridgehead atoms. The van der Waals surface area contributed by atoms with Crippen LogP contribution in [0.1, 0.15) is 55.5 Å². The molecule has 0 saturated heterocycles. The van der Waals surface area contributed by atoms with Gasteiger partial charge in [-0.3, -0.25) is 19.4 Å². The van der Waals surface area contributed by atoms with E-state index in [0.717, 1.165) is 32.7 Å². The molecule has 0 radical (unpaired) electrons. The number of carboxylic acids is 1. The van der Waals surface area contributed by atoms with Gasteiger partial charge >= 0.3 is 5.97 Å². The third-order valence-corrected chi connectivity index (χ3v) is 7.64. The van der Waals surface area contributed by atoms with Crippen LogP contribution in [0.4, 0.5) is 0 Å². The van der Waals surface area contributed by atoms with Crippen LogP contribution in [0.3, 0.4) is 0 Å². The van der Waals surface area contributed by atoms with Crippen LogP contribution in [0.25, 0.3) is 21.7 Å². The highest BCUT2D eigenvalue weighted by molar-refractivity contribution is 7.13. The smallest absolute Gasteiger partial charge is 0.305 e. The fourth-order valence-corrected chi connectivity index (χ4v) is 5.93. The summed E-state index contributed by atoms with van der Waals surface area (Å²) in [5.41, 5.74) is 5.21. The molecule has 0 fully saturated rings. The Morgan fingerprint density at radius 2 is 1.79 bits per heavy atom. The maximum Gasteiger partial charge on any atom is 0.305 e. The minimum atomic E-state index is -1.02. The molecule has 0 unspecified atom stereocenters. The number of aryl methyl sites for hydroxylation is 2. The second-order valence-electron chi connectivity index (χ2n) is 10.2. The number of benzene rings is 1. The quantitative estimate of drug-likeness (QED) is 0.249. The number of aliphatic carboxylic acids is 1.